The largest absolute Gasteiger partial charge is 0.347 e. The van der Waals surface area contributed by atoms with Gasteiger partial charge in [-0.15, -0.1) is 0 Å². The van der Waals surface area contributed by atoms with Gasteiger partial charge in [0.05, 0.1) is 0 Å². The van der Waals surface area contributed by atoms with E-state index in [-0.39, 0.29) is 0 Å². The van der Waals surface area contributed by atoms with Crippen LogP contribution in [0.15, 0.2) is 34.9 Å². The van der Waals surface area contributed by atoms with Crippen LogP contribution in [0.1, 0.15) is 19.3 Å². The normalized spacial score (nSPS) is 16.1. The van der Waals surface area contributed by atoms with Crippen LogP contribution in [0.2, 0.25) is 0 Å². The zero-order valence-electron chi connectivity index (χ0n) is 8.62. The fourth-order valence-electron chi connectivity index (χ4n) is 2.11. The number of hydrogen-bond acceptors (Lipinski definition) is 0. The Balaban J connectivity index is 1.92. The molecule has 0 bridgehead atoms. The van der Waals surface area contributed by atoms with Gasteiger partial charge in [-0.05, 0) is 30.5 Å². The molecule has 0 amide bonds. The second-order valence-corrected chi connectivity index (χ2v) is 5.27. The third kappa shape index (κ3) is 1.83. The summed E-state index contributed by atoms with van der Waals surface area (Å²) in [5.41, 5.74) is 1.35. The van der Waals surface area contributed by atoms with Crippen LogP contribution in [0.25, 0.3) is 10.9 Å². The van der Waals surface area contributed by atoms with Gasteiger partial charge in [0.2, 0.25) is 0 Å². The van der Waals surface area contributed by atoms with Crippen molar-refractivity contribution in [3.8, 4) is 0 Å². The Morgan fingerprint density at radius 2 is 2.13 bits per heavy atom. The molecule has 2 heteroatoms. The van der Waals surface area contributed by atoms with Crippen LogP contribution >= 0.6 is 15.9 Å². The van der Waals surface area contributed by atoms with Gasteiger partial charge in [-0.1, -0.05) is 34.8 Å². The van der Waals surface area contributed by atoms with Gasteiger partial charge in [-0.2, -0.15) is 0 Å². The molecule has 0 spiro atoms. The molecule has 1 aromatic carbocycles. The minimum Gasteiger partial charge on any atom is -0.347 e. The predicted molar refractivity (Wildman–Crippen MR) is 67.0 cm³/mol. The maximum Gasteiger partial charge on any atom is 0.0491 e. The number of benzene rings is 1. The summed E-state index contributed by atoms with van der Waals surface area (Å²) in [6.45, 7) is 1.17. The summed E-state index contributed by atoms with van der Waals surface area (Å²) in [6, 6.07) is 8.62. The maximum atomic E-state index is 3.59. The van der Waals surface area contributed by atoms with Crippen LogP contribution in [0.3, 0.4) is 0 Å². The lowest BCUT2D eigenvalue weighted by atomic mass is 10.2. The molecule has 1 aliphatic carbocycles. The zero-order chi connectivity index (χ0) is 10.3. The van der Waals surface area contributed by atoms with Crippen molar-refractivity contribution in [2.45, 2.75) is 25.8 Å². The van der Waals surface area contributed by atoms with Crippen molar-refractivity contribution in [2.24, 2.45) is 5.92 Å². The van der Waals surface area contributed by atoms with Gasteiger partial charge in [0.1, 0.15) is 0 Å². The van der Waals surface area contributed by atoms with Crippen LogP contribution in [0.4, 0.5) is 0 Å². The van der Waals surface area contributed by atoms with E-state index >= 15 is 0 Å². The molecule has 3 rings (SSSR count). The molecule has 1 saturated carbocycles. The zero-order valence-corrected chi connectivity index (χ0v) is 10.2. The Morgan fingerprint density at radius 3 is 2.93 bits per heavy atom. The van der Waals surface area contributed by atoms with E-state index in [1.165, 1.54) is 41.2 Å². The highest BCUT2D eigenvalue weighted by atomic mass is 79.9. The van der Waals surface area contributed by atoms with Crippen LogP contribution in [0.5, 0.6) is 0 Å². The Bertz CT molecular complexity index is 482. The molecule has 1 aliphatic rings. The Hall–Kier alpha value is -0.760. The quantitative estimate of drug-likeness (QED) is 0.782. The molecule has 2 aromatic rings. The molecule has 78 valence electrons. The SMILES string of the molecule is Brc1cccc2c1ccn2CCC1CC1. The van der Waals surface area contributed by atoms with E-state index in [0.717, 1.165) is 5.92 Å². The fourth-order valence-corrected chi connectivity index (χ4v) is 2.60. The number of aryl methyl sites for hydroxylation is 1. The van der Waals surface area contributed by atoms with Crippen LogP contribution in [-0.2, 0) is 6.54 Å². The van der Waals surface area contributed by atoms with E-state index < -0.39 is 0 Å². The number of halogens is 1. The molecular weight excluding hydrogens is 250 g/mol. The molecule has 0 aliphatic heterocycles. The van der Waals surface area contributed by atoms with E-state index in [4.69, 9.17) is 0 Å². The fraction of sp³-hybridized carbons (Fsp3) is 0.385. The Kier molecular flexibility index (Phi) is 2.32. The highest BCUT2D eigenvalue weighted by Gasteiger charge is 2.20. The molecule has 1 aromatic heterocycles. The third-order valence-corrected chi connectivity index (χ3v) is 3.93. The molecule has 0 saturated heterocycles. The monoisotopic (exact) mass is 263 g/mol. The average Bonchev–Trinajstić information content (AvgIpc) is 2.97. The van der Waals surface area contributed by atoms with Crippen molar-refractivity contribution in [3.63, 3.8) is 0 Å². The maximum absolute atomic E-state index is 3.59. The van der Waals surface area contributed by atoms with Crippen molar-refractivity contribution in [1.82, 2.24) is 4.57 Å². The Morgan fingerprint density at radius 1 is 1.27 bits per heavy atom. The van der Waals surface area contributed by atoms with Gasteiger partial charge >= 0.3 is 0 Å². The van der Waals surface area contributed by atoms with Gasteiger partial charge in [0, 0.05) is 28.1 Å². The number of nitrogens with zero attached hydrogens (tertiary/aromatic N) is 1. The minimum absolute atomic E-state index is 1.01. The molecule has 0 N–H and O–H groups in total. The van der Waals surface area contributed by atoms with Gasteiger partial charge in [0.25, 0.3) is 0 Å². The van der Waals surface area contributed by atoms with Crippen molar-refractivity contribution in [1.29, 1.82) is 0 Å². The number of aromatic nitrogens is 1. The molecule has 15 heavy (non-hydrogen) atoms. The molecular formula is C13H14BrN. The lowest BCUT2D eigenvalue weighted by Gasteiger charge is -2.04. The van der Waals surface area contributed by atoms with E-state index in [0.29, 0.717) is 0 Å². The molecule has 0 unspecified atom stereocenters. The van der Waals surface area contributed by atoms with E-state index in [1.807, 2.05) is 0 Å². The first-order valence-corrected chi connectivity index (χ1v) is 6.37. The lowest BCUT2D eigenvalue weighted by molar-refractivity contribution is 0.611. The smallest absolute Gasteiger partial charge is 0.0491 e. The summed E-state index contributed by atoms with van der Waals surface area (Å²) in [4.78, 5) is 0. The molecule has 1 heterocycles. The minimum atomic E-state index is 1.01. The van der Waals surface area contributed by atoms with E-state index in [9.17, 15) is 0 Å². The summed E-state index contributed by atoms with van der Waals surface area (Å²) in [6.07, 6.45) is 6.44. The first-order valence-electron chi connectivity index (χ1n) is 5.58. The Labute approximate surface area is 98.2 Å². The van der Waals surface area contributed by atoms with E-state index in [2.05, 4.69) is 51.0 Å². The second kappa shape index (κ2) is 3.67. The van der Waals surface area contributed by atoms with E-state index in [1.54, 1.807) is 0 Å². The highest BCUT2D eigenvalue weighted by Crippen LogP contribution is 2.33. The standard InChI is InChI=1S/C13H14BrN/c14-12-2-1-3-13-11(12)7-9-15(13)8-6-10-4-5-10/h1-3,7,9-10H,4-6,8H2. The van der Waals surface area contributed by atoms with Crippen LogP contribution in [-0.4, -0.2) is 4.57 Å². The van der Waals surface area contributed by atoms with Gasteiger partial charge in [-0.3, -0.25) is 0 Å². The predicted octanol–water partition coefficient (Wildman–Crippen LogP) is 4.20. The van der Waals surface area contributed by atoms with Crippen molar-refractivity contribution in [2.75, 3.05) is 0 Å². The third-order valence-electron chi connectivity index (χ3n) is 3.24. The van der Waals surface area contributed by atoms with Crippen molar-refractivity contribution < 1.29 is 0 Å². The summed E-state index contributed by atoms with van der Waals surface area (Å²) in [7, 11) is 0. The number of rotatable bonds is 3. The molecule has 1 fully saturated rings. The summed E-state index contributed by atoms with van der Waals surface area (Å²) < 4.78 is 3.57. The van der Waals surface area contributed by atoms with Gasteiger partial charge in [-0.25, -0.2) is 0 Å². The topological polar surface area (TPSA) is 4.93 Å². The summed E-state index contributed by atoms with van der Waals surface area (Å²) >= 11 is 3.59. The number of fused-ring (bicyclic) bond motifs is 1. The first kappa shape index (κ1) is 9.46. The summed E-state index contributed by atoms with van der Waals surface area (Å²) in [5.74, 6) is 1.01. The van der Waals surface area contributed by atoms with Crippen LogP contribution < -0.4 is 0 Å². The van der Waals surface area contributed by atoms with Gasteiger partial charge < -0.3 is 4.57 Å². The lowest BCUT2D eigenvalue weighted by Crippen LogP contribution is -1.96. The molecule has 1 nitrogen and oxygen atoms in total. The van der Waals surface area contributed by atoms with Crippen molar-refractivity contribution >= 4 is 26.8 Å². The first-order chi connectivity index (χ1) is 7.34. The highest BCUT2D eigenvalue weighted by molar-refractivity contribution is 9.10. The summed E-state index contributed by atoms with van der Waals surface area (Å²) in [5, 5.41) is 1.33. The average molecular weight is 264 g/mol. The molecule has 0 radical (unpaired) electrons. The van der Waals surface area contributed by atoms with Gasteiger partial charge in [0.15, 0.2) is 0 Å². The van der Waals surface area contributed by atoms with Crippen LogP contribution in [0, 0.1) is 5.92 Å². The van der Waals surface area contributed by atoms with Crippen molar-refractivity contribution in [3.05, 3.63) is 34.9 Å². The molecule has 0 atom stereocenters. The second-order valence-electron chi connectivity index (χ2n) is 4.41. The number of hydrogen-bond donors (Lipinski definition) is 0.